The number of azide groups is 1. The predicted molar refractivity (Wildman–Crippen MR) is 33.8 cm³/mol. The molecule has 0 aromatic carbocycles. The van der Waals surface area contributed by atoms with E-state index in [-0.39, 0.29) is 0 Å². The van der Waals surface area contributed by atoms with E-state index in [1.54, 1.807) is 0 Å². The Bertz CT molecular complexity index is 90.5. The molecule has 0 unspecified atom stereocenters. The van der Waals surface area contributed by atoms with E-state index in [0.717, 1.165) is 0 Å². The maximum absolute atomic E-state index is 7.75. The molecule has 0 aliphatic carbocycles. The van der Waals surface area contributed by atoms with Crippen molar-refractivity contribution in [2.45, 2.75) is 0 Å². The highest BCUT2D eigenvalue weighted by Crippen LogP contribution is 1.78. The number of hydrogen-bond acceptors (Lipinski definition) is 3. The van der Waals surface area contributed by atoms with E-state index in [0.29, 0.717) is 19.1 Å². The van der Waals surface area contributed by atoms with Gasteiger partial charge in [-0.25, -0.2) is 0 Å². The summed E-state index contributed by atoms with van der Waals surface area (Å²) < 4.78 is 4.73. The van der Waals surface area contributed by atoms with Gasteiger partial charge >= 0.3 is 0 Å². The minimum absolute atomic E-state index is 0.376. The van der Waals surface area contributed by atoms with Crippen molar-refractivity contribution in [2.75, 3.05) is 19.1 Å². The maximum atomic E-state index is 7.75. The largest absolute Gasteiger partial charge is 0.371 e. The molecular weight excluding hydrogens is 126 g/mol. The molecule has 0 rings (SSSR count). The Labute approximate surface area is 52.9 Å². The molecular formula is C3H7N3OS. The summed E-state index contributed by atoms with van der Waals surface area (Å²) in [6.07, 6.45) is 0. The van der Waals surface area contributed by atoms with E-state index in [9.17, 15) is 0 Å². The SMILES string of the molecule is [N-]=[N+]=NCCOCS. The van der Waals surface area contributed by atoms with Crippen LogP contribution in [0.1, 0.15) is 0 Å². The first kappa shape index (κ1) is 7.62. The highest BCUT2D eigenvalue weighted by molar-refractivity contribution is 7.80. The van der Waals surface area contributed by atoms with Gasteiger partial charge in [0.25, 0.3) is 0 Å². The highest BCUT2D eigenvalue weighted by Gasteiger charge is 1.77. The molecule has 0 saturated heterocycles. The number of thiol groups is 1. The fraction of sp³-hybridized carbons (Fsp3) is 1.00. The van der Waals surface area contributed by atoms with Gasteiger partial charge in [-0.3, -0.25) is 0 Å². The molecule has 0 N–H and O–H groups in total. The van der Waals surface area contributed by atoms with Crippen molar-refractivity contribution >= 4 is 12.6 Å². The maximum Gasteiger partial charge on any atom is 0.0892 e. The van der Waals surface area contributed by atoms with Crippen molar-refractivity contribution in [1.29, 1.82) is 0 Å². The summed E-state index contributed by atoms with van der Waals surface area (Å²) in [7, 11) is 0. The van der Waals surface area contributed by atoms with Crippen LogP contribution in [0.3, 0.4) is 0 Å². The van der Waals surface area contributed by atoms with E-state index in [4.69, 9.17) is 10.3 Å². The zero-order valence-electron chi connectivity index (χ0n) is 4.32. The zero-order valence-corrected chi connectivity index (χ0v) is 5.21. The van der Waals surface area contributed by atoms with E-state index >= 15 is 0 Å². The van der Waals surface area contributed by atoms with Gasteiger partial charge in [0.1, 0.15) is 0 Å². The van der Waals surface area contributed by atoms with Crippen LogP contribution >= 0.6 is 12.6 Å². The van der Waals surface area contributed by atoms with Crippen LogP contribution in [0.2, 0.25) is 0 Å². The van der Waals surface area contributed by atoms with E-state index < -0.39 is 0 Å². The first-order valence-corrected chi connectivity index (χ1v) is 2.74. The molecule has 0 aromatic heterocycles. The smallest absolute Gasteiger partial charge is 0.0892 e. The predicted octanol–water partition coefficient (Wildman–Crippen LogP) is 1.20. The quantitative estimate of drug-likeness (QED) is 0.154. The van der Waals surface area contributed by atoms with Gasteiger partial charge in [0, 0.05) is 11.5 Å². The molecule has 0 atom stereocenters. The normalized spacial score (nSPS) is 8.12. The van der Waals surface area contributed by atoms with Gasteiger partial charge < -0.3 is 4.74 Å². The lowest BCUT2D eigenvalue weighted by Crippen LogP contribution is -1.93. The van der Waals surface area contributed by atoms with Crippen molar-refractivity contribution in [3.8, 4) is 0 Å². The van der Waals surface area contributed by atoms with E-state index in [1.165, 1.54) is 0 Å². The van der Waals surface area contributed by atoms with Gasteiger partial charge in [-0.1, -0.05) is 5.11 Å². The fourth-order valence-electron chi connectivity index (χ4n) is 0.215. The van der Waals surface area contributed by atoms with Gasteiger partial charge in [-0.05, 0) is 5.53 Å². The average Bonchev–Trinajstić information content (AvgIpc) is 1.81. The van der Waals surface area contributed by atoms with E-state index in [1.807, 2.05) is 0 Å². The second-order valence-electron chi connectivity index (χ2n) is 0.992. The molecule has 0 spiro atoms. The van der Waals surface area contributed by atoms with E-state index in [2.05, 4.69) is 22.7 Å². The van der Waals surface area contributed by atoms with Crippen molar-refractivity contribution < 1.29 is 4.74 Å². The van der Waals surface area contributed by atoms with Crippen LogP contribution < -0.4 is 0 Å². The Kier molecular flexibility index (Phi) is 6.31. The van der Waals surface area contributed by atoms with Crippen LogP contribution in [0.5, 0.6) is 0 Å². The lowest BCUT2D eigenvalue weighted by atomic mass is 10.7. The van der Waals surface area contributed by atoms with Crippen molar-refractivity contribution in [2.24, 2.45) is 5.11 Å². The molecule has 0 saturated carbocycles. The number of ether oxygens (including phenoxy) is 1. The number of hydrogen-bond donors (Lipinski definition) is 1. The minimum Gasteiger partial charge on any atom is -0.371 e. The third-order valence-corrected chi connectivity index (χ3v) is 0.673. The van der Waals surface area contributed by atoms with Crippen LogP contribution in [0.15, 0.2) is 5.11 Å². The second-order valence-corrected chi connectivity index (χ2v) is 1.25. The summed E-state index contributed by atoms with van der Waals surface area (Å²) >= 11 is 3.77. The van der Waals surface area contributed by atoms with Gasteiger partial charge in [-0.2, -0.15) is 12.6 Å². The standard InChI is InChI=1S/C3H7N3OS/c4-6-5-1-2-7-3-8/h8H,1-3H2. The number of rotatable bonds is 4. The summed E-state index contributed by atoms with van der Waals surface area (Å²) in [5.41, 5.74) is 7.75. The van der Waals surface area contributed by atoms with Crippen LogP contribution in [0, 0.1) is 0 Å². The van der Waals surface area contributed by atoms with Crippen LogP contribution in [-0.4, -0.2) is 19.1 Å². The first-order chi connectivity index (χ1) is 3.91. The molecule has 0 aromatic rings. The van der Waals surface area contributed by atoms with Gasteiger partial charge in [0.2, 0.25) is 0 Å². The van der Waals surface area contributed by atoms with Crippen molar-refractivity contribution in [1.82, 2.24) is 0 Å². The highest BCUT2D eigenvalue weighted by atomic mass is 32.1. The molecule has 0 aliphatic heterocycles. The minimum atomic E-state index is 0.376. The second kappa shape index (κ2) is 6.62. The first-order valence-electron chi connectivity index (χ1n) is 2.11. The summed E-state index contributed by atoms with van der Waals surface area (Å²) in [4.78, 5) is 2.53. The molecule has 0 fully saturated rings. The Morgan fingerprint density at radius 1 is 1.75 bits per heavy atom. The van der Waals surface area contributed by atoms with Crippen LogP contribution in [0.4, 0.5) is 0 Å². The van der Waals surface area contributed by atoms with Crippen LogP contribution in [-0.2, 0) is 4.74 Å². The summed E-state index contributed by atoms with van der Waals surface area (Å²) in [5.74, 6) is 0.376. The van der Waals surface area contributed by atoms with Gasteiger partial charge in [0.05, 0.1) is 12.5 Å². The Balaban J connectivity index is 2.82. The summed E-state index contributed by atoms with van der Waals surface area (Å²) in [5, 5.41) is 3.23. The molecule has 46 valence electrons. The fourth-order valence-corrected chi connectivity index (χ4v) is 0.344. The Morgan fingerprint density at radius 3 is 3.00 bits per heavy atom. The molecule has 5 heteroatoms. The third kappa shape index (κ3) is 5.62. The molecule has 0 bridgehead atoms. The summed E-state index contributed by atoms with van der Waals surface area (Å²) in [6.45, 7) is 0.838. The third-order valence-electron chi connectivity index (χ3n) is 0.490. The number of nitrogens with zero attached hydrogens (tertiary/aromatic N) is 3. The van der Waals surface area contributed by atoms with Crippen molar-refractivity contribution in [3.05, 3.63) is 10.4 Å². The van der Waals surface area contributed by atoms with Gasteiger partial charge in [0.15, 0.2) is 0 Å². The lowest BCUT2D eigenvalue weighted by molar-refractivity contribution is 0.192. The molecule has 4 nitrogen and oxygen atoms in total. The van der Waals surface area contributed by atoms with Crippen LogP contribution in [0.25, 0.3) is 10.4 Å². The molecule has 0 heterocycles. The Hall–Kier alpha value is -0.380. The Morgan fingerprint density at radius 2 is 2.50 bits per heavy atom. The summed E-state index contributed by atoms with van der Waals surface area (Å²) in [6, 6.07) is 0. The molecule has 0 radical (unpaired) electrons. The molecule has 0 aliphatic rings. The monoisotopic (exact) mass is 133 g/mol. The topological polar surface area (TPSA) is 58.0 Å². The van der Waals surface area contributed by atoms with Gasteiger partial charge in [-0.15, -0.1) is 0 Å². The average molecular weight is 133 g/mol. The zero-order chi connectivity index (χ0) is 6.24. The lowest BCUT2D eigenvalue weighted by Gasteiger charge is -1.91. The molecule has 8 heavy (non-hydrogen) atoms. The molecule has 0 amide bonds. The van der Waals surface area contributed by atoms with Crippen molar-refractivity contribution in [3.63, 3.8) is 0 Å².